The Bertz CT molecular complexity index is 365. The number of aliphatic hydroxyl groups excluding tert-OH is 1. The predicted molar refractivity (Wildman–Crippen MR) is 76.2 cm³/mol. The molecule has 0 saturated heterocycles. The Hall–Kier alpha value is 0.200. The summed E-state index contributed by atoms with van der Waals surface area (Å²) in [4.78, 5) is 0. The first-order chi connectivity index (χ1) is 7.85. The fourth-order valence-electron chi connectivity index (χ4n) is 1.58. The van der Waals surface area contributed by atoms with Gasteiger partial charge in [-0.25, -0.2) is 0 Å². The van der Waals surface area contributed by atoms with Gasteiger partial charge in [-0.2, -0.15) is 0 Å². The molecule has 0 fully saturated rings. The summed E-state index contributed by atoms with van der Waals surface area (Å²) in [6.07, 6.45) is 0.783. The Morgan fingerprint density at radius 1 is 1.47 bits per heavy atom. The molecule has 1 rings (SSSR count). The summed E-state index contributed by atoms with van der Waals surface area (Å²) in [5.74, 6) is 0. The Kier molecular flexibility index (Phi) is 5.74. The molecule has 0 amide bonds. The summed E-state index contributed by atoms with van der Waals surface area (Å²) in [5.41, 5.74) is 1.12. The third kappa shape index (κ3) is 4.76. The normalized spacial score (nSPS) is 14.0. The lowest BCUT2D eigenvalue weighted by Crippen LogP contribution is -2.32. The van der Waals surface area contributed by atoms with Crippen molar-refractivity contribution in [2.75, 3.05) is 13.2 Å². The molecular formula is C12H19Cl2NOS. The monoisotopic (exact) mass is 295 g/mol. The largest absolute Gasteiger partial charge is 0.396 e. The van der Waals surface area contributed by atoms with Crippen LogP contribution in [0.25, 0.3) is 0 Å². The van der Waals surface area contributed by atoms with E-state index in [-0.39, 0.29) is 18.1 Å². The van der Waals surface area contributed by atoms with Gasteiger partial charge in [0.15, 0.2) is 0 Å². The van der Waals surface area contributed by atoms with Gasteiger partial charge >= 0.3 is 0 Å². The summed E-state index contributed by atoms with van der Waals surface area (Å²) in [7, 11) is 0. The standard InChI is InChI=1S/C12H19Cl2NOS/c1-8(9-6-10(13)17-11(9)14)15-7-12(2,3)4-5-16/h6,8,15-16H,4-5,7H2,1-3H3. The third-order valence-electron chi connectivity index (χ3n) is 2.82. The van der Waals surface area contributed by atoms with E-state index in [4.69, 9.17) is 28.3 Å². The third-order valence-corrected chi connectivity index (χ3v) is 4.34. The molecule has 2 N–H and O–H groups in total. The van der Waals surface area contributed by atoms with E-state index in [0.29, 0.717) is 4.34 Å². The first-order valence-corrected chi connectivity index (χ1v) is 7.22. The fourth-order valence-corrected chi connectivity index (χ4v) is 3.22. The van der Waals surface area contributed by atoms with Gasteiger partial charge in [-0.15, -0.1) is 11.3 Å². The van der Waals surface area contributed by atoms with Gasteiger partial charge in [-0.05, 0) is 30.4 Å². The summed E-state index contributed by atoms with van der Waals surface area (Å²) in [6.45, 7) is 7.38. The lowest BCUT2D eigenvalue weighted by atomic mass is 9.89. The lowest BCUT2D eigenvalue weighted by molar-refractivity contribution is 0.204. The molecule has 0 saturated carbocycles. The Balaban J connectivity index is 2.55. The van der Waals surface area contributed by atoms with Crippen LogP contribution in [-0.4, -0.2) is 18.3 Å². The van der Waals surface area contributed by atoms with E-state index in [0.717, 1.165) is 22.9 Å². The average molecular weight is 296 g/mol. The van der Waals surface area contributed by atoms with Crippen LogP contribution < -0.4 is 5.32 Å². The van der Waals surface area contributed by atoms with Crippen LogP contribution >= 0.6 is 34.5 Å². The van der Waals surface area contributed by atoms with E-state index in [1.54, 1.807) is 0 Å². The van der Waals surface area contributed by atoms with Gasteiger partial charge in [0.25, 0.3) is 0 Å². The van der Waals surface area contributed by atoms with E-state index >= 15 is 0 Å². The minimum Gasteiger partial charge on any atom is -0.396 e. The molecule has 1 atom stereocenters. The second kappa shape index (κ2) is 6.39. The number of hydrogen-bond acceptors (Lipinski definition) is 3. The van der Waals surface area contributed by atoms with Gasteiger partial charge < -0.3 is 10.4 Å². The van der Waals surface area contributed by atoms with Crippen molar-refractivity contribution in [1.29, 1.82) is 0 Å². The molecule has 98 valence electrons. The SMILES string of the molecule is CC(NCC(C)(C)CCO)c1cc(Cl)sc1Cl. The number of aliphatic hydroxyl groups is 1. The number of nitrogens with one attached hydrogen (secondary N) is 1. The summed E-state index contributed by atoms with van der Waals surface area (Å²) in [5, 5.41) is 12.4. The molecule has 5 heteroatoms. The first-order valence-electron chi connectivity index (χ1n) is 5.65. The van der Waals surface area contributed by atoms with Crippen molar-refractivity contribution < 1.29 is 5.11 Å². The van der Waals surface area contributed by atoms with E-state index in [1.807, 2.05) is 6.07 Å². The summed E-state index contributed by atoms with van der Waals surface area (Å²) < 4.78 is 1.46. The van der Waals surface area contributed by atoms with Crippen LogP contribution in [-0.2, 0) is 0 Å². The molecule has 1 unspecified atom stereocenters. The quantitative estimate of drug-likeness (QED) is 0.828. The van der Waals surface area contributed by atoms with Crippen LogP contribution in [0.3, 0.4) is 0 Å². The maximum Gasteiger partial charge on any atom is 0.0991 e. The number of rotatable bonds is 6. The Labute approximate surface area is 117 Å². The smallest absolute Gasteiger partial charge is 0.0991 e. The zero-order valence-electron chi connectivity index (χ0n) is 10.4. The molecule has 1 aromatic rings. The second-order valence-electron chi connectivity index (χ2n) is 5.02. The first kappa shape index (κ1) is 15.3. The van der Waals surface area contributed by atoms with Crippen molar-refractivity contribution in [3.63, 3.8) is 0 Å². The van der Waals surface area contributed by atoms with Crippen LogP contribution in [0.2, 0.25) is 8.67 Å². The number of thiophene rings is 1. The highest BCUT2D eigenvalue weighted by atomic mass is 35.5. The molecule has 0 aliphatic carbocycles. The van der Waals surface area contributed by atoms with Crippen LogP contribution in [0.1, 0.15) is 38.8 Å². The van der Waals surface area contributed by atoms with Gasteiger partial charge in [0.2, 0.25) is 0 Å². The van der Waals surface area contributed by atoms with Crippen molar-refractivity contribution in [1.82, 2.24) is 5.32 Å². The van der Waals surface area contributed by atoms with Gasteiger partial charge in [-0.3, -0.25) is 0 Å². The minimum atomic E-state index is 0.0787. The van der Waals surface area contributed by atoms with Crippen LogP contribution in [0, 0.1) is 5.41 Å². The summed E-state index contributed by atoms with van der Waals surface area (Å²) >= 11 is 13.4. The average Bonchev–Trinajstić information content (AvgIpc) is 2.54. The molecular weight excluding hydrogens is 277 g/mol. The van der Waals surface area contributed by atoms with Crippen LogP contribution in [0.5, 0.6) is 0 Å². The molecule has 1 aromatic heterocycles. The molecule has 17 heavy (non-hydrogen) atoms. The highest BCUT2D eigenvalue weighted by Gasteiger charge is 2.19. The van der Waals surface area contributed by atoms with Crippen molar-refractivity contribution in [2.45, 2.75) is 33.2 Å². The van der Waals surface area contributed by atoms with Crippen molar-refractivity contribution in [3.8, 4) is 0 Å². The van der Waals surface area contributed by atoms with E-state index in [9.17, 15) is 0 Å². The zero-order chi connectivity index (χ0) is 13.1. The van der Waals surface area contributed by atoms with Crippen LogP contribution in [0.15, 0.2) is 6.07 Å². The van der Waals surface area contributed by atoms with E-state index in [1.165, 1.54) is 11.3 Å². The van der Waals surface area contributed by atoms with E-state index < -0.39 is 0 Å². The summed E-state index contributed by atoms with van der Waals surface area (Å²) in [6, 6.07) is 2.08. The molecule has 0 spiro atoms. The highest BCUT2D eigenvalue weighted by molar-refractivity contribution is 7.20. The van der Waals surface area contributed by atoms with Crippen LogP contribution in [0.4, 0.5) is 0 Å². The number of hydrogen-bond donors (Lipinski definition) is 2. The van der Waals surface area contributed by atoms with Gasteiger partial charge in [0.05, 0.1) is 8.67 Å². The fraction of sp³-hybridized carbons (Fsp3) is 0.667. The highest BCUT2D eigenvalue weighted by Crippen LogP contribution is 2.35. The van der Waals surface area contributed by atoms with Crippen molar-refractivity contribution in [2.24, 2.45) is 5.41 Å². The topological polar surface area (TPSA) is 32.3 Å². The van der Waals surface area contributed by atoms with Crippen molar-refractivity contribution in [3.05, 3.63) is 20.3 Å². The second-order valence-corrected chi connectivity index (χ2v) is 7.31. The van der Waals surface area contributed by atoms with Crippen molar-refractivity contribution >= 4 is 34.5 Å². The number of halogens is 2. The van der Waals surface area contributed by atoms with Gasteiger partial charge in [0.1, 0.15) is 0 Å². The molecule has 0 aliphatic rings. The molecule has 2 nitrogen and oxygen atoms in total. The van der Waals surface area contributed by atoms with E-state index in [2.05, 4.69) is 26.1 Å². The van der Waals surface area contributed by atoms with Gasteiger partial charge in [-0.1, -0.05) is 37.0 Å². The molecule has 1 heterocycles. The molecule has 0 bridgehead atoms. The minimum absolute atomic E-state index is 0.0787. The van der Waals surface area contributed by atoms with Gasteiger partial charge in [0, 0.05) is 19.2 Å². The predicted octanol–water partition coefficient (Wildman–Crippen LogP) is 4.11. The Morgan fingerprint density at radius 3 is 2.59 bits per heavy atom. The molecule has 0 aliphatic heterocycles. The maximum atomic E-state index is 8.97. The molecule has 0 radical (unpaired) electrons. The zero-order valence-corrected chi connectivity index (χ0v) is 12.7. The lowest BCUT2D eigenvalue weighted by Gasteiger charge is -2.26. The molecule has 0 aromatic carbocycles. The maximum absolute atomic E-state index is 8.97. The Morgan fingerprint density at radius 2 is 2.12 bits per heavy atom.